The summed E-state index contributed by atoms with van der Waals surface area (Å²) in [6.07, 6.45) is 1.95. The lowest BCUT2D eigenvalue weighted by atomic mass is 9.96. The average Bonchev–Trinajstić information content (AvgIpc) is 2.47. The van der Waals surface area contributed by atoms with E-state index in [0.29, 0.717) is 0 Å². The molecule has 2 aromatic carbocycles. The maximum absolute atomic E-state index is 9.34. The van der Waals surface area contributed by atoms with E-state index < -0.39 is 0 Å². The van der Waals surface area contributed by atoms with E-state index in [0.717, 1.165) is 18.4 Å². The van der Waals surface area contributed by atoms with Gasteiger partial charge in [-0.05, 0) is 30.2 Å². The fourth-order valence-electron chi connectivity index (χ4n) is 2.06. The standard InChI is InChI=1S/C17H17NS/c1-2-8-14(13-18)16-11-6-7-12-17(16)19-15-9-4-3-5-10-15/h3-7,9-12,14H,2,8H2,1H3/t14-/m1/s1. The molecule has 0 saturated heterocycles. The van der Waals surface area contributed by atoms with Crippen LogP contribution in [0, 0.1) is 11.3 Å². The molecule has 19 heavy (non-hydrogen) atoms. The van der Waals surface area contributed by atoms with Crippen molar-refractivity contribution in [2.24, 2.45) is 0 Å². The van der Waals surface area contributed by atoms with Crippen LogP contribution in [0.4, 0.5) is 0 Å². The van der Waals surface area contributed by atoms with Gasteiger partial charge in [-0.15, -0.1) is 0 Å². The largest absolute Gasteiger partial charge is 0.198 e. The first-order valence-electron chi connectivity index (χ1n) is 6.56. The van der Waals surface area contributed by atoms with Gasteiger partial charge in [-0.3, -0.25) is 0 Å². The normalized spacial score (nSPS) is 11.8. The fraction of sp³-hybridized carbons (Fsp3) is 0.235. The summed E-state index contributed by atoms with van der Waals surface area (Å²) < 4.78 is 0. The van der Waals surface area contributed by atoms with Crippen LogP contribution in [0.2, 0.25) is 0 Å². The van der Waals surface area contributed by atoms with Crippen LogP contribution in [-0.2, 0) is 0 Å². The smallest absolute Gasteiger partial charge is 0.0723 e. The van der Waals surface area contributed by atoms with Gasteiger partial charge in [0.15, 0.2) is 0 Å². The Morgan fingerprint density at radius 1 is 1.05 bits per heavy atom. The van der Waals surface area contributed by atoms with Gasteiger partial charge in [0.2, 0.25) is 0 Å². The van der Waals surface area contributed by atoms with E-state index in [4.69, 9.17) is 0 Å². The van der Waals surface area contributed by atoms with Crippen molar-refractivity contribution in [1.82, 2.24) is 0 Å². The molecule has 0 N–H and O–H groups in total. The molecule has 2 rings (SSSR count). The Hall–Kier alpha value is -1.72. The van der Waals surface area contributed by atoms with Gasteiger partial charge < -0.3 is 0 Å². The summed E-state index contributed by atoms with van der Waals surface area (Å²) in [5.41, 5.74) is 1.15. The van der Waals surface area contributed by atoms with Crippen molar-refractivity contribution in [3.63, 3.8) is 0 Å². The van der Waals surface area contributed by atoms with Gasteiger partial charge in [0.05, 0.1) is 12.0 Å². The Morgan fingerprint density at radius 2 is 1.74 bits per heavy atom. The van der Waals surface area contributed by atoms with Gasteiger partial charge in [-0.2, -0.15) is 5.26 Å². The van der Waals surface area contributed by atoms with Crippen molar-refractivity contribution in [1.29, 1.82) is 5.26 Å². The quantitative estimate of drug-likeness (QED) is 0.739. The van der Waals surface area contributed by atoms with Crippen molar-refractivity contribution in [2.45, 2.75) is 35.5 Å². The number of benzene rings is 2. The molecule has 0 unspecified atom stereocenters. The molecule has 2 aromatic rings. The van der Waals surface area contributed by atoms with E-state index >= 15 is 0 Å². The highest BCUT2D eigenvalue weighted by Gasteiger charge is 2.14. The van der Waals surface area contributed by atoms with Crippen molar-refractivity contribution in [2.75, 3.05) is 0 Å². The lowest BCUT2D eigenvalue weighted by Gasteiger charge is -2.13. The molecule has 1 atom stereocenters. The van der Waals surface area contributed by atoms with Crippen LogP contribution in [0.5, 0.6) is 0 Å². The molecule has 0 aliphatic carbocycles. The van der Waals surface area contributed by atoms with Crippen LogP contribution in [-0.4, -0.2) is 0 Å². The van der Waals surface area contributed by atoms with Crippen molar-refractivity contribution in [3.05, 3.63) is 60.2 Å². The van der Waals surface area contributed by atoms with Gasteiger partial charge in [0, 0.05) is 9.79 Å². The summed E-state index contributed by atoms with van der Waals surface area (Å²) in [6.45, 7) is 2.12. The number of nitrogens with zero attached hydrogens (tertiary/aromatic N) is 1. The second-order valence-electron chi connectivity index (χ2n) is 4.42. The molecule has 0 fully saturated rings. The van der Waals surface area contributed by atoms with Gasteiger partial charge in [-0.25, -0.2) is 0 Å². The minimum absolute atomic E-state index is 0.00240. The second kappa shape index (κ2) is 7.01. The van der Waals surface area contributed by atoms with Gasteiger partial charge >= 0.3 is 0 Å². The molecular weight excluding hydrogens is 250 g/mol. The van der Waals surface area contributed by atoms with E-state index in [-0.39, 0.29) is 5.92 Å². The summed E-state index contributed by atoms with van der Waals surface area (Å²) in [5.74, 6) is -0.00240. The number of hydrogen-bond acceptors (Lipinski definition) is 2. The number of rotatable bonds is 5. The first-order chi connectivity index (χ1) is 9.35. The van der Waals surface area contributed by atoms with Crippen LogP contribution in [0.25, 0.3) is 0 Å². The van der Waals surface area contributed by atoms with Crippen LogP contribution in [0.3, 0.4) is 0 Å². The van der Waals surface area contributed by atoms with E-state index in [1.807, 2.05) is 30.3 Å². The molecule has 96 valence electrons. The van der Waals surface area contributed by atoms with Gasteiger partial charge in [0.25, 0.3) is 0 Å². The fourth-order valence-corrected chi connectivity index (χ4v) is 3.08. The zero-order chi connectivity index (χ0) is 13.5. The maximum Gasteiger partial charge on any atom is 0.0723 e. The lowest BCUT2D eigenvalue weighted by molar-refractivity contribution is 0.717. The van der Waals surface area contributed by atoms with Gasteiger partial charge in [-0.1, -0.05) is 61.5 Å². The topological polar surface area (TPSA) is 23.8 Å². The Kier molecular flexibility index (Phi) is 5.06. The Bertz CT molecular complexity index is 557. The maximum atomic E-state index is 9.34. The molecule has 0 aromatic heterocycles. The second-order valence-corrected chi connectivity index (χ2v) is 5.54. The highest BCUT2D eigenvalue weighted by molar-refractivity contribution is 7.99. The van der Waals surface area contributed by atoms with Crippen LogP contribution < -0.4 is 0 Å². The number of hydrogen-bond donors (Lipinski definition) is 0. The molecule has 0 heterocycles. The Morgan fingerprint density at radius 3 is 2.42 bits per heavy atom. The van der Waals surface area contributed by atoms with E-state index in [1.165, 1.54) is 9.79 Å². The molecule has 2 heteroatoms. The van der Waals surface area contributed by atoms with Crippen LogP contribution in [0.15, 0.2) is 64.4 Å². The molecule has 0 amide bonds. The summed E-state index contributed by atoms with van der Waals surface area (Å²) in [7, 11) is 0. The zero-order valence-corrected chi connectivity index (χ0v) is 11.9. The van der Waals surface area contributed by atoms with E-state index in [2.05, 4.69) is 37.3 Å². The molecule has 0 spiro atoms. The molecule has 0 aliphatic heterocycles. The highest BCUT2D eigenvalue weighted by atomic mass is 32.2. The first-order valence-corrected chi connectivity index (χ1v) is 7.38. The van der Waals surface area contributed by atoms with Gasteiger partial charge in [0.1, 0.15) is 0 Å². The Balaban J connectivity index is 2.28. The van der Waals surface area contributed by atoms with E-state index in [1.54, 1.807) is 11.8 Å². The van der Waals surface area contributed by atoms with Crippen molar-refractivity contribution >= 4 is 11.8 Å². The molecule has 1 nitrogen and oxygen atoms in total. The lowest BCUT2D eigenvalue weighted by Crippen LogP contribution is -1.97. The monoisotopic (exact) mass is 267 g/mol. The molecule has 0 aliphatic rings. The predicted octanol–water partition coefficient (Wildman–Crippen LogP) is 5.25. The summed E-state index contributed by atoms with van der Waals surface area (Å²) in [5, 5.41) is 9.34. The third-order valence-electron chi connectivity index (χ3n) is 3.00. The SMILES string of the molecule is CCC[C@H](C#N)c1ccccc1Sc1ccccc1. The molecule has 0 bridgehead atoms. The third-order valence-corrected chi connectivity index (χ3v) is 4.10. The minimum atomic E-state index is -0.00240. The predicted molar refractivity (Wildman–Crippen MR) is 80.3 cm³/mol. The summed E-state index contributed by atoms with van der Waals surface area (Å²) in [6, 6.07) is 21.0. The molecular formula is C17H17NS. The minimum Gasteiger partial charge on any atom is -0.198 e. The van der Waals surface area contributed by atoms with Crippen molar-refractivity contribution in [3.8, 4) is 6.07 Å². The first kappa shape index (κ1) is 13.7. The van der Waals surface area contributed by atoms with E-state index in [9.17, 15) is 5.26 Å². The highest BCUT2D eigenvalue weighted by Crippen LogP contribution is 2.35. The molecule has 0 radical (unpaired) electrons. The Labute approximate surface area is 119 Å². The summed E-state index contributed by atoms with van der Waals surface area (Å²) in [4.78, 5) is 2.40. The third kappa shape index (κ3) is 3.62. The summed E-state index contributed by atoms with van der Waals surface area (Å²) >= 11 is 1.73. The van der Waals surface area contributed by atoms with Crippen LogP contribution in [0.1, 0.15) is 31.2 Å². The average molecular weight is 267 g/mol. The number of nitriles is 1. The zero-order valence-electron chi connectivity index (χ0n) is 11.0. The molecule has 0 saturated carbocycles. The van der Waals surface area contributed by atoms with Crippen LogP contribution >= 0.6 is 11.8 Å². The van der Waals surface area contributed by atoms with Crippen molar-refractivity contribution < 1.29 is 0 Å².